The number of carbonyl (C=O) groups is 5. The third-order valence-corrected chi connectivity index (χ3v) is 10.2. The molecule has 3 aliphatic heterocycles. The fourth-order valence-corrected chi connectivity index (χ4v) is 6.44. The molecule has 0 saturated carbocycles. The van der Waals surface area contributed by atoms with Crippen LogP contribution in [0.4, 0.5) is 16.2 Å². The van der Waals surface area contributed by atoms with Crippen molar-refractivity contribution in [1.82, 2.24) is 9.80 Å². The second kappa shape index (κ2) is 17.1. The SMILES string of the molecule is C=C1C[C@H]2[C@H](O)N(C(=O)OCc3ccc(NBC(=O)CCCCCN4C(=O)C=CC4=O)cc3)c3cc(OCCC(C)(C)CC)c(OC)cc3C(=O)N2C1. The lowest BCUT2D eigenvalue weighted by Crippen LogP contribution is -2.50. The van der Waals surface area contributed by atoms with Gasteiger partial charge in [-0.3, -0.25) is 19.3 Å². The van der Waals surface area contributed by atoms with Gasteiger partial charge >= 0.3 is 13.5 Å². The quantitative estimate of drug-likeness (QED) is 0.0993. The number of benzene rings is 2. The normalized spacial score (nSPS) is 18.2. The van der Waals surface area contributed by atoms with Gasteiger partial charge in [0.1, 0.15) is 12.3 Å². The Hall–Kier alpha value is -5.11. The van der Waals surface area contributed by atoms with E-state index in [0.29, 0.717) is 61.6 Å². The summed E-state index contributed by atoms with van der Waals surface area (Å²) in [6, 6.07) is 9.48. The van der Waals surface area contributed by atoms with Crippen molar-refractivity contribution < 1.29 is 43.3 Å². The zero-order valence-electron chi connectivity index (χ0n) is 31.0. The van der Waals surface area contributed by atoms with E-state index in [9.17, 15) is 29.1 Å². The smallest absolute Gasteiger partial charge is 0.416 e. The number of hydrogen-bond acceptors (Lipinski definition) is 10. The van der Waals surface area contributed by atoms with Gasteiger partial charge < -0.3 is 34.2 Å². The van der Waals surface area contributed by atoms with Gasteiger partial charge in [-0.05, 0) is 61.3 Å². The number of nitrogens with zero attached hydrogens (tertiary/aromatic N) is 3. The largest absolute Gasteiger partial charge is 0.493 e. The van der Waals surface area contributed by atoms with Crippen LogP contribution in [0.5, 0.6) is 11.5 Å². The van der Waals surface area contributed by atoms with Crippen LogP contribution in [0.3, 0.4) is 0 Å². The Kier molecular flexibility index (Phi) is 12.7. The number of amides is 4. The van der Waals surface area contributed by atoms with E-state index < -0.39 is 18.4 Å². The summed E-state index contributed by atoms with van der Waals surface area (Å²) >= 11 is 0. The molecule has 2 N–H and O–H groups in total. The number of anilines is 2. The van der Waals surface area contributed by atoms with Gasteiger partial charge in [0.15, 0.2) is 17.7 Å². The third-order valence-electron chi connectivity index (χ3n) is 10.2. The topological polar surface area (TPSA) is 155 Å². The Morgan fingerprint density at radius 3 is 2.43 bits per heavy atom. The van der Waals surface area contributed by atoms with Crippen molar-refractivity contribution in [2.75, 3.05) is 36.9 Å². The number of imide groups is 1. The zero-order valence-corrected chi connectivity index (χ0v) is 31.0. The van der Waals surface area contributed by atoms with Crippen LogP contribution in [0.15, 0.2) is 60.7 Å². The molecule has 4 amide bonds. The molecule has 282 valence electrons. The number of fused-ring (bicyclic) bond motifs is 2. The number of ether oxygens (including phenoxy) is 3. The van der Waals surface area contributed by atoms with E-state index in [1.807, 2.05) is 0 Å². The third kappa shape index (κ3) is 9.47. The van der Waals surface area contributed by atoms with Crippen molar-refractivity contribution in [2.45, 2.75) is 84.6 Å². The van der Waals surface area contributed by atoms with E-state index in [-0.39, 0.29) is 60.6 Å². The summed E-state index contributed by atoms with van der Waals surface area (Å²) in [5.74, 6) is -0.273. The molecule has 2 atom stereocenters. The lowest BCUT2D eigenvalue weighted by Gasteiger charge is -2.31. The van der Waals surface area contributed by atoms with Crippen LogP contribution in [0, 0.1) is 5.41 Å². The Morgan fingerprint density at radius 1 is 1.04 bits per heavy atom. The molecule has 0 aliphatic carbocycles. The van der Waals surface area contributed by atoms with Crippen molar-refractivity contribution in [3.05, 3.63) is 71.8 Å². The Bertz CT molecular complexity index is 1740. The molecule has 0 radical (unpaired) electrons. The summed E-state index contributed by atoms with van der Waals surface area (Å²) in [6.07, 6.45) is 4.75. The number of carbonyl (C=O) groups excluding carboxylic acids is 5. The Morgan fingerprint density at radius 2 is 1.75 bits per heavy atom. The first kappa shape index (κ1) is 39.1. The molecule has 3 heterocycles. The van der Waals surface area contributed by atoms with Gasteiger partial charge in [0.25, 0.3) is 17.7 Å². The molecule has 3 aliphatic rings. The van der Waals surface area contributed by atoms with E-state index in [1.165, 1.54) is 29.1 Å². The van der Waals surface area contributed by atoms with Crippen LogP contribution in [-0.2, 0) is 25.7 Å². The summed E-state index contributed by atoms with van der Waals surface area (Å²) in [6.45, 7) is 11.3. The molecule has 5 rings (SSSR count). The number of unbranched alkanes of at least 4 members (excludes halogenated alkanes) is 2. The summed E-state index contributed by atoms with van der Waals surface area (Å²) in [4.78, 5) is 67.2. The lowest BCUT2D eigenvalue weighted by atomic mass is 9.83. The molecular weight excluding hydrogens is 679 g/mol. The fourth-order valence-electron chi connectivity index (χ4n) is 6.44. The van der Waals surface area contributed by atoms with Crippen LogP contribution in [0.2, 0.25) is 0 Å². The molecule has 0 spiro atoms. The number of rotatable bonds is 17. The standard InChI is InChI=1S/C39H49BN4O9/c1-6-39(3,4)17-19-52-32-22-29-28(21-31(32)51-5)36(48)43-23-25(2)20-30(43)37(49)44(29)38(50)53-24-26-11-13-27(14-12-26)41-40-33(45)10-8-7-9-18-42-34(46)15-16-35(42)47/h11-16,21-22,30,37,40-41,49H,2,6-10,17-20,23-24H2,1,3-5H3/t30-,37-/m0/s1. The molecule has 0 unspecified atom stereocenters. The summed E-state index contributed by atoms with van der Waals surface area (Å²) < 4.78 is 17.5. The van der Waals surface area contributed by atoms with Gasteiger partial charge in [0.2, 0.25) is 0 Å². The van der Waals surface area contributed by atoms with Gasteiger partial charge in [-0.25, -0.2) is 9.69 Å². The highest BCUT2D eigenvalue weighted by Gasteiger charge is 2.46. The van der Waals surface area contributed by atoms with Crippen LogP contribution >= 0.6 is 0 Å². The molecule has 53 heavy (non-hydrogen) atoms. The maximum atomic E-state index is 13.8. The Balaban J connectivity index is 1.19. The monoisotopic (exact) mass is 728 g/mol. The minimum atomic E-state index is -1.41. The van der Waals surface area contributed by atoms with Crippen molar-refractivity contribution >= 4 is 48.3 Å². The van der Waals surface area contributed by atoms with Gasteiger partial charge in [-0.2, -0.15) is 0 Å². The molecule has 13 nitrogen and oxygen atoms in total. The van der Waals surface area contributed by atoms with E-state index >= 15 is 0 Å². The van der Waals surface area contributed by atoms with Crippen molar-refractivity contribution in [1.29, 1.82) is 0 Å². The number of nitrogens with one attached hydrogen (secondary N) is 1. The van der Waals surface area contributed by atoms with Gasteiger partial charge in [-0.1, -0.05) is 57.9 Å². The van der Waals surface area contributed by atoms with E-state index in [4.69, 9.17) is 14.2 Å². The first-order chi connectivity index (χ1) is 25.3. The predicted molar refractivity (Wildman–Crippen MR) is 201 cm³/mol. The molecule has 0 aromatic heterocycles. The summed E-state index contributed by atoms with van der Waals surface area (Å²) in [5.41, 5.74) is 2.59. The van der Waals surface area contributed by atoms with Crippen LogP contribution in [-0.4, -0.2) is 90.9 Å². The summed E-state index contributed by atoms with van der Waals surface area (Å²) in [5, 5.41) is 14.7. The zero-order chi connectivity index (χ0) is 38.3. The highest BCUT2D eigenvalue weighted by Crippen LogP contribution is 2.42. The Labute approximate surface area is 311 Å². The van der Waals surface area contributed by atoms with E-state index in [1.54, 1.807) is 36.4 Å². The maximum absolute atomic E-state index is 13.8. The summed E-state index contributed by atoms with van der Waals surface area (Å²) in [7, 11) is 1.63. The molecule has 0 bridgehead atoms. The first-order valence-corrected chi connectivity index (χ1v) is 18.2. The minimum absolute atomic E-state index is 0.0353. The van der Waals surface area contributed by atoms with Crippen LogP contribution in [0.1, 0.15) is 81.6 Å². The second-order valence-electron chi connectivity index (χ2n) is 14.5. The number of hydrogen-bond donors (Lipinski definition) is 2. The van der Waals surface area contributed by atoms with Crippen LogP contribution < -0.4 is 19.6 Å². The van der Waals surface area contributed by atoms with Crippen molar-refractivity contribution in [3.8, 4) is 11.5 Å². The number of methoxy groups -OCH3 is 1. The second-order valence-corrected chi connectivity index (χ2v) is 14.5. The maximum Gasteiger partial charge on any atom is 0.416 e. The molecular formula is C39H49BN4O9. The highest BCUT2D eigenvalue weighted by atomic mass is 16.6. The van der Waals surface area contributed by atoms with Crippen molar-refractivity contribution in [3.63, 3.8) is 0 Å². The lowest BCUT2D eigenvalue weighted by molar-refractivity contribution is -0.136. The molecule has 1 saturated heterocycles. The average Bonchev–Trinajstić information content (AvgIpc) is 3.67. The number of aliphatic hydroxyl groups excluding tert-OH is 1. The van der Waals surface area contributed by atoms with Gasteiger partial charge in [0, 0.05) is 37.0 Å². The number of aliphatic hydroxyl groups is 1. The van der Waals surface area contributed by atoms with Crippen molar-refractivity contribution in [2.24, 2.45) is 5.41 Å². The predicted octanol–water partition coefficient (Wildman–Crippen LogP) is 4.92. The van der Waals surface area contributed by atoms with Gasteiger partial charge in [-0.15, -0.1) is 0 Å². The minimum Gasteiger partial charge on any atom is -0.493 e. The molecule has 2 aromatic carbocycles. The van der Waals surface area contributed by atoms with Gasteiger partial charge in [0.05, 0.1) is 31.0 Å². The van der Waals surface area contributed by atoms with E-state index in [2.05, 4.69) is 32.6 Å². The molecule has 1 fully saturated rings. The molecule has 14 heteroatoms. The fraction of sp³-hybridized carbons (Fsp3) is 0.462. The first-order valence-electron chi connectivity index (χ1n) is 18.2. The van der Waals surface area contributed by atoms with Crippen LogP contribution in [0.25, 0.3) is 0 Å². The average molecular weight is 729 g/mol. The highest BCUT2D eigenvalue weighted by molar-refractivity contribution is 6.76. The van der Waals surface area contributed by atoms with E-state index in [0.717, 1.165) is 29.7 Å². The molecule has 2 aromatic rings.